The molecule has 1 spiro atoms. The molecule has 2 amide bonds. The van der Waals surface area contributed by atoms with Gasteiger partial charge in [0, 0.05) is 97.4 Å². The fourth-order valence-corrected chi connectivity index (χ4v) is 11.4. The zero-order chi connectivity index (χ0) is 44.5. The van der Waals surface area contributed by atoms with E-state index in [1.807, 2.05) is 29.0 Å². The number of allylic oxidation sites excluding steroid dienone is 1. The highest BCUT2D eigenvalue weighted by atomic mass is 32.2. The van der Waals surface area contributed by atoms with Gasteiger partial charge in [-0.25, -0.2) is 18.2 Å². The van der Waals surface area contributed by atoms with Crippen molar-refractivity contribution in [1.29, 1.82) is 0 Å². The number of nitrogens with one attached hydrogen (secondary N) is 3. The standard InChI is InChI=1S/C47H47F3N8O5S/c1-28-2-11-40(45(60)53-28)58-26-31-22-34(7-8-35(31)46(58)61)56-20-15-47(16-21-56)13-18-55(19-14-47)33-5-3-29(4-6-33)30-23-36-37(25-52-44(36)51-24-30)43(59)41-38(49)9-10-39(42(41)50)54-64(62,63)57-17-12-32(48)27-57/h3-10,22-25,32,40,54H,1-2,11-21,26-27H2,(H,51,52)(H,53,60)/t32-,40?/m1/s1. The number of hydrogen-bond donors (Lipinski definition) is 3. The zero-order valence-corrected chi connectivity index (χ0v) is 35.8. The molecule has 7 heterocycles. The van der Waals surface area contributed by atoms with E-state index in [4.69, 9.17) is 0 Å². The number of fused-ring (bicyclic) bond motifs is 2. The quantitative estimate of drug-likeness (QED) is 0.133. The molecule has 0 saturated carbocycles. The van der Waals surface area contributed by atoms with Crippen LogP contribution in [0.15, 0.2) is 85.3 Å². The van der Waals surface area contributed by atoms with Gasteiger partial charge in [0.15, 0.2) is 5.82 Å². The third-order valence-corrected chi connectivity index (χ3v) is 15.5. The lowest BCUT2D eigenvalue weighted by Gasteiger charge is -2.48. The summed E-state index contributed by atoms with van der Waals surface area (Å²) in [6, 6.07) is 17.1. The molecule has 17 heteroatoms. The Kier molecular flexibility index (Phi) is 10.5. The van der Waals surface area contributed by atoms with Crippen LogP contribution in [0.25, 0.3) is 22.2 Å². The number of anilines is 3. The number of alkyl halides is 1. The van der Waals surface area contributed by atoms with Crippen molar-refractivity contribution in [2.24, 2.45) is 5.41 Å². The maximum Gasteiger partial charge on any atom is 0.301 e. The Morgan fingerprint density at radius 1 is 0.875 bits per heavy atom. The number of aromatic nitrogens is 2. The molecule has 332 valence electrons. The number of benzene rings is 3. The number of hydrogen-bond acceptors (Lipinski definition) is 8. The van der Waals surface area contributed by atoms with Gasteiger partial charge in [0.1, 0.15) is 23.7 Å². The van der Waals surface area contributed by atoms with E-state index in [-0.39, 0.29) is 42.3 Å². The van der Waals surface area contributed by atoms with Crippen LogP contribution in [0.3, 0.4) is 0 Å². The molecule has 0 radical (unpaired) electrons. The third kappa shape index (κ3) is 7.57. The fourth-order valence-electron chi connectivity index (χ4n) is 10.1. The largest absolute Gasteiger partial charge is 0.371 e. The van der Waals surface area contributed by atoms with Gasteiger partial charge in [0.2, 0.25) is 11.7 Å². The highest BCUT2D eigenvalue weighted by Gasteiger charge is 2.41. The van der Waals surface area contributed by atoms with Gasteiger partial charge in [-0.3, -0.25) is 19.1 Å². The van der Waals surface area contributed by atoms with Gasteiger partial charge < -0.3 is 25.0 Å². The Bertz CT molecular complexity index is 2830. The molecule has 5 aromatic rings. The molecule has 5 aliphatic rings. The number of ketones is 1. The molecule has 64 heavy (non-hydrogen) atoms. The van der Waals surface area contributed by atoms with E-state index in [1.54, 1.807) is 17.2 Å². The van der Waals surface area contributed by atoms with E-state index >= 15 is 8.78 Å². The lowest BCUT2D eigenvalue weighted by atomic mass is 9.71. The van der Waals surface area contributed by atoms with Gasteiger partial charge in [-0.1, -0.05) is 18.7 Å². The summed E-state index contributed by atoms with van der Waals surface area (Å²) in [6.07, 6.45) is 7.20. The van der Waals surface area contributed by atoms with Crippen molar-refractivity contribution in [2.75, 3.05) is 53.8 Å². The van der Waals surface area contributed by atoms with Gasteiger partial charge >= 0.3 is 10.2 Å². The molecule has 4 saturated heterocycles. The van der Waals surface area contributed by atoms with E-state index < -0.39 is 51.1 Å². The summed E-state index contributed by atoms with van der Waals surface area (Å²) in [5.41, 5.74) is 5.06. The summed E-state index contributed by atoms with van der Waals surface area (Å²) >= 11 is 0. The SMILES string of the molecule is C=C1CCC(N2Cc3cc(N4CCC5(CCN(c6ccc(-c7cnc8[nH]cc(C(=O)c9c(F)ccc(NS(=O)(=O)N%10CC[C@@H](F)C%10)c9F)c8c7)cc6)CC5)CC4)ccc3C2=O)C(=O)N1. The molecule has 0 bridgehead atoms. The van der Waals surface area contributed by atoms with Crippen LogP contribution >= 0.6 is 0 Å². The Hall–Kier alpha value is -6.20. The summed E-state index contributed by atoms with van der Waals surface area (Å²) in [4.78, 5) is 53.6. The monoisotopic (exact) mass is 892 g/mol. The van der Waals surface area contributed by atoms with Crippen LogP contribution in [0.4, 0.5) is 30.2 Å². The van der Waals surface area contributed by atoms with Gasteiger partial charge in [-0.15, -0.1) is 0 Å². The van der Waals surface area contributed by atoms with Crippen molar-refractivity contribution >= 4 is 55.9 Å². The van der Waals surface area contributed by atoms with Crippen molar-refractivity contribution in [2.45, 2.75) is 63.7 Å². The van der Waals surface area contributed by atoms with Crippen LogP contribution in [0, 0.1) is 17.0 Å². The Morgan fingerprint density at radius 2 is 1.58 bits per heavy atom. The van der Waals surface area contributed by atoms with Crippen molar-refractivity contribution in [3.63, 3.8) is 0 Å². The van der Waals surface area contributed by atoms with E-state index in [2.05, 4.69) is 49.9 Å². The van der Waals surface area contributed by atoms with Crippen LogP contribution in [-0.2, 0) is 21.5 Å². The van der Waals surface area contributed by atoms with Crippen molar-refractivity contribution in [1.82, 2.24) is 24.5 Å². The van der Waals surface area contributed by atoms with Crippen LogP contribution in [0.2, 0.25) is 0 Å². The first-order chi connectivity index (χ1) is 30.8. The number of H-pyrrole nitrogens is 1. The molecule has 0 aliphatic carbocycles. The summed E-state index contributed by atoms with van der Waals surface area (Å²) in [5.74, 6) is -3.79. The molecule has 2 aromatic heterocycles. The average Bonchev–Trinajstić information content (AvgIpc) is 4.02. The van der Waals surface area contributed by atoms with Crippen LogP contribution < -0.4 is 19.8 Å². The molecule has 2 atom stereocenters. The highest BCUT2D eigenvalue weighted by Crippen LogP contribution is 2.44. The fraction of sp³-hybridized carbons (Fsp3) is 0.362. The summed E-state index contributed by atoms with van der Waals surface area (Å²) < 4.78 is 73.2. The number of carbonyl (C=O) groups excluding carboxylic acids is 3. The molecule has 1 unspecified atom stereocenters. The molecular formula is C47H47F3N8O5S. The predicted octanol–water partition coefficient (Wildman–Crippen LogP) is 7.07. The number of piperidine rings is 3. The van der Waals surface area contributed by atoms with E-state index in [0.29, 0.717) is 47.2 Å². The number of carbonyl (C=O) groups is 3. The van der Waals surface area contributed by atoms with Crippen molar-refractivity contribution in [3.8, 4) is 11.1 Å². The molecule has 13 nitrogen and oxygen atoms in total. The number of aromatic amines is 1. The molecule has 5 aliphatic heterocycles. The average molecular weight is 893 g/mol. The second-order valence-corrected chi connectivity index (χ2v) is 19.4. The number of rotatable bonds is 9. The third-order valence-electron chi connectivity index (χ3n) is 14.0. The molecule has 3 aromatic carbocycles. The van der Waals surface area contributed by atoms with Crippen molar-refractivity contribution in [3.05, 3.63) is 119 Å². The van der Waals surface area contributed by atoms with Gasteiger partial charge in [0.05, 0.1) is 11.3 Å². The number of amides is 2. The van der Waals surface area contributed by atoms with E-state index in [0.717, 1.165) is 90.8 Å². The first kappa shape index (κ1) is 41.8. The van der Waals surface area contributed by atoms with Gasteiger partial charge in [-0.2, -0.15) is 12.7 Å². The molecule has 4 fully saturated rings. The smallest absolute Gasteiger partial charge is 0.301 e. The van der Waals surface area contributed by atoms with Crippen LogP contribution in [-0.4, -0.2) is 96.7 Å². The van der Waals surface area contributed by atoms with Gasteiger partial charge in [-0.05, 0) is 110 Å². The minimum absolute atomic E-state index is 0.00567. The summed E-state index contributed by atoms with van der Waals surface area (Å²) in [6.45, 7) is 7.54. The van der Waals surface area contributed by atoms with Gasteiger partial charge in [0.25, 0.3) is 5.91 Å². The predicted molar refractivity (Wildman–Crippen MR) is 237 cm³/mol. The second-order valence-electron chi connectivity index (χ2n) is 17.7. The normalized spacial score (nSPS) is 21.5. The number of pyridine rings is 1. The zero-order valence-electron chi connectivity index (χ0n) is 35.0. The van der Waals surface area contributed by atoms with E-state index in [1.165, 1.54) is 6.20 Å². The summed E-state index contributed by atoms with van der Waals surface area (Å²) in [5, 5.41) is 3.14. The Morgan fingerprint density at radius 3 is 2.27 bits per heavy atom. The van der Waals surface area contributed by atoms with Crippen molar-refractivity contribution < 1.29 is 36.0 Å². The maximum atomic E-state index is 15.8. The van der Waals surface area contributed by atoms with Crippen LogP contribution in [0.1, 0.15) is 76.8 Å². The number of nitrogens with zero attached hydrogens (tertiary/aromatic N) is 5. The minimum atomic E-state index is -4.35. The van der Waals surface area contributed by atoms with Crippen LogP contribution in [0.5, 0.6) is 0 Å². The van der Waals surface area contributed by atoms with E-state index in [9.17, 15) is 27.2 Å². The lowest BCUT2D eigenvalue weighted by Crippen LogP contribution is -2.49. The minimum Gasteiger partial charge on any atom is -0.371 e. The number of halogens is 3. The first-order valence-electron chi connectivity index (χ1n) is 21.7. The summed E-state index contributed by atoms with van der Waals surface area (Å²) in [7, 11) is -4.35. The first-order valence-corrected chi connectivity index (χ1v) is 23.1. The Balaban J connectivity index is 0.771. The topological polar surface area (TPSA) is 151 Å². The molecule has 3 N–H and O–H groups in total. The molecule has 10 rings (SSSR count). The molecular weight excluding hydrogens is 846 g/mol. The highest BCUT2D eigenvalue weighted by molar-refractivity contribution is 7.90. The maximum absolute atomic E-state index is 15.8. The lowest BCUT2D eigenvalue weighted by molar-refractivity contribution is -0.126. The Labute approximate surface area is 368 Å². The second kappa shape index (κ2) is 16.1.